The van der Waals surface area contributed by atoms with Crippen LogP contribution in [-0.2, 0) is 23.7 Å². The van der Waals surface area contributed by atoms with Gasteiger partial charge in [0.25, 0.3) is 0 Å². The molecule has 2 aromatic heterocycles. The maximum absolute atomic E-state index is 13.6. The van der Waals surface area contributed by atoms with E-state index in [1.54, 1.807) is 38.4 Å². The standard InChI is InChI=1S/C28H38N5O7PS/c1-6-42(38,39)21-10-7-9-20(16-21)26-23-22-15-18(2)17-30-27(22)31-24(23)19(3)25(33(26)5)28(34)29-11-8-12-32(4)13-14-40-41(35,36)37/h7,9-10,15-17,26H,6,8,11-14H2,1-5H3,(H,29,34)(H,30,31)(H2,35,36,37)/p+1. The minimum Gasteiger partial charge on any atom is -0.347 e. The zero-order chi connectivity index (χ0) is 30.8. The van der Waals surface area contributed by atoms with Gasteiger partial charge < -0.3 is 25.0 Å². The number of amides is 1. The smallest absolute Gasteiger partial charge is 0.347 e. The van der Waals surface area contributed by atoms with Gasteiger partial charge in [-0.25, -0.2) is 18.0 Å². The lowest BCUT2D eigenvalue weighted by Crippen LogP contribution is -3.09. The van der Waals surface area contributed by atoms with Gasteiger partial charge in [-0.05, 0) is 57.6 Å². The number of fused-ring (bicyclic) bond motifs is 3. The molecule has 0 saturated carbocycles. The summed E-state index contributed by atoms with van der Waals surface area (Å²) in [6, 6.07) is 8.65. The third-order valence-electron chi connectivity index (χ3n) is 7.59. The van der Waals surface area contributed by atoms with Crippen LogP contribution in [0.2, 0.25) is 0 Å². The summed E-state index contributed by atoms with van der Waals surface area (Å²) in [5.74, 6) is -0.239. The highest BCUT2D eigenvalue weighted by Gasteiger charge is 2.41. The number of benzene rings is 1. The Morgan fingerprint density at radius 3 is 2.67 bits per heavy atom. The van der Waals surface area contributed by atoms with Crippen LogP contribution in [0.5, 0.6) is 0 Å². The Kier molecular flexibility index (Phi) is 9.73. The number of phosphoric ester groups is 1. The number of nitrogens with zero attached hydrogens (tertiary/aromatic N) is 2. The van der Waals surface area contributed by atoms with E-state index in [0.717, 1.165) is 38.2 Å². The number of quaternary nitrogens is 1. The minimum atomic E-state index is -4.50. The molecular weight excluding hydrogens is 581 g/mol. The molecule has 42 heavy (non-hydrogen) atoms. The molecule has 0 bridgehead atoms. The lowest BCUT2D eigenvalue weighted by Gasteiger charge is -2.32. The second kappa shape index (κ2) is 12.8. The first-order valence-electron chi connectivity index (χ1n) is 13.8. The molecule has 2 unspecified atom stereocenters. The molecule has 1 aromatic carbocycles. The van der Waals surface area contributed by atoms with E-state index in [9.17, 15) is 17.8 Å². The van der Waals surface area contributed by atoms with Crippen molar-refractivity contribution in [3.8, 4) is 0 Å². The molecule has 1 amide bonds. The van der Waals surface area contributed by atoms with Gasteiger partial charge in [0.05, 0.1) is 30.0 Å². The van der Waals surface area contributed by atoms with Crippen LogP contribution in [0.15, 0.2) is 47.1 Å². The van der Waals surface area contributed by atoms with Crippen LogP contribution in [-0.4, -0.2) is 85.1 Å². The summed E-state index contributed by atoms with van der Waals surface area (Å²) >= 11 is 0. The zero-order valence-electron chi connectivity index (χ0n) is 24.5. The van der Waals surface area contributed by atoms with E-state index in [4.69, 9.17) is 9.79 Å². The second-order valence-corrected chi connectivity index (χ2v) is 14.2. The fourth-order valence-corrected chi connectivity index (χ4v) is 6.71. The van der Waals surface area contributed by atoms with Gasteiger partial charge in [-0.1, -0.05) is 19.1 Å². The molecule has 3 aromatic rings. The van der Waals surface area contributed by atoms with Crippen molar-refractivity contribution in [2.45, 2.75) is 38.1 Å². The number of aromatic nitrogens is 2. The van der Waals surface area contributed by atoms with Crippen molar-refractivity contribution in [3.05, 3.63) is 64.6 Å². The first-order chi connectivity index (χ1) is 19.7. The van der Waals surface area contributed by atoms with Gasteiger partial charge >= 0.3 is 13.7 Å². The molecule has 3 heterocycles. The highest BCUT2D eigenvalue weighted by Crippen LogP contribution is 2.38. The molecule has 12 nitrogen and oxygen atoms in total. The van der Waals surface area contributed by atoms with E-state index < -0.39 is 17.7 Å². The third kappa shape index (κ3) is 7.00. The molecule has 228 valence electrons. The van der Waals surface area contributed by atoms with Crippen LogP contribution < -0.4 is 10.2 Å². The molecule has 0 aliphatic carbocycles. The Labute approximate surface area is 245 Å². The number of carbonyl (C=O) groups is 1. The Bertz CT molecular complexity index is 1660. The van der Waals surface area contributed by atoms with Crippen molar-refractivity contribution >= 4 is 40.2 Å². The van der Waals surface area contributed by atoms with Gasteiger partial charge in [0.1, 0.15) is 11.7 Å². The molecule has 0 radical (unpaired) electrons. The van der Waals surface area contributed by atoms with E-state index in [1.165, 1.54) is 0 Å². The molecule has 1 aliphatic heterocycles. The Morgan fingerprint density at radius 1 is 1.24 bits per heavy atom. The summed E-state index contributed by atoms with van der Waals surface area (Å²) in [7, 11) is -4.21. The Hall–Kier alpha value is -2.90. The number of rotatable bonds is 12. The molecule has 5 N–H and O–H groups in total. The summed E-state index contributed by atoms with van der Waals surface area (Å²) in [6.07, 6.45) is 2.40. The van der Waals surface area contributed by atoms with Crippen LogP contribution >= 0.6 is 7.82 Å². The highest BCUT2D eigenvalue weighted by molar-refractivity contribution is 7.91. The summed E-state index contributed by atoms with van der Waals surface area (Å²) in [5.41, 5.74) is 5.58. The maximum atomic E-state index is 13.6. The molecule has 2 atom stereocenters. The van der Waals surface area contributed by atoms with Gasteiger partial charge in [-0.2, -0.15) is 0 Å². The number of pyridine rings is 1. The number of allylic oxidation sites excluding steroid dienone is 1. The van der Waals surface area contributed by atoms with Crippen molar-refractivity contribution in [2.75, 3.05) is 46.1 Å². The van der Waals surface area contributed by atoms with Gasteiger partial charge in [-0.15, -0.1) is 0 Å². The number of phosphoric acid groups is 1. The number of sulfone groups is 1. The molecule has 0 saturated heterocycles. The molecule has 4 rings (SSSR count). The number of H-pyrrole nitrogens is 1. The van der Waals surface area contributed by atoms with Crippen LogP contribution in [0.3, 0.4) is 0 Å². The largest absolute Gasteiger partial charge is 0.469 e. The van der Waals surface area contributed by atoms with E-state index >= 15 is 0 Å². The average Bonchev–Trinajstić information content (AvgIpc) is 3.29. The highest BCUT2D eigenvalue weighted by atomic mass is 32.2. The molecule has 0 fully saturated rings. The summed E-state index contributed by atoms with van der Waals surface area (Å²) < 4.78 is 40.8. The van der Waals surface area contributed by atoms with Crippen LogP contribution in [0.25, 0.3) is 16.6 Å². The topological polar surface area (TPSA) is 166 Å². The van der Waals surface area contributed by atoms with E-state index in [1.807, 2.05) is 31.9 Å². The number of aryl methyl sites for hydroxylation is 1. The van der Waals surface area contributed by atoms with Crippen molar-refractivity contribution in [3.63, 3.8) is 0 Å². The van der Waals surface area contributed by atoms with Crippen LogP contribution in [0.1, 0.15) is 48.7 Å². The third-order valence-corrected chi connectivity index (χ3v) is 9.84. The molecule has 0 spiro atoms. The monoisotopic (exact) mass is 620 g/mol. The first kappa shape index (κ1) is 32.0. The van der Waals surface area contributed by atoms with Crippen molar-refractivity contribution in [2.24, 2.45) is 0 Å². The van der Waals surface area contributed by atoms with Gasteiger partial charge in [0.15, 0.2) is 9.84 Å². The Balaban J connectivity index is 1.62. The molecule has 14 heteroatoms. The lowest BCUT2D eigenvalue weighted by atomic mass is 9.88. The number of aromatic amines is 1. The van der Waals surface area contributed by atoms with Crippen molar-refractivity contribution in [1.29, 1.82) is 0 Å². The lowest BCUT2D eigenvalue weighted by molar-refractivity contribution is -0.862. The minimum absolute atomic E-state index is 0.0101. The van der Waals surface area contributed by atoms with Crippen molar-refractivity contribution < 1.29 is 37.0 Å². The maximum Gasteiger partial charge on any atom is 0.469 e. The summed E-state index contributed by atoms with van der Waals surface area (Å²) in [6.45, 7) is 6.71. The zero-order valence-corrected chi connectivity index (χ0v) is 26.2. The SMILES string of the molecule is CCS(=O)(=O)c1cccc(C2c3c([nH]c4ncc(C)cc34)C(C)=C(C(=O)NCCCN(C)CCOP(=O)(O)O)[NH+]2C)c1. The molecule has 1 aliphatic rings. The summed E-state index contributed by atoms with van der Waals surface area (Å²) in [4.78, 5) is 42.2. The number of hydrogen-bond donors (Lipinski definition) is 5. The number of nitrogens with one attached hydrogen (secondary N) is 3. The van der Waals surface area contributed by atoms with E-state index in [2.05, 4.69) is 25.9 Å². The van der Waals surface area contributed by atoms with E-state index in [-0.39, 0.29) is 29.2 Å². The van der Waals surface area contributed by atoms with Crippen molar-refractivity contribution in [1.82, 2.24) is 20.2 Å². The summed E-state index contributed by atoms with van der Waals surface area (Å²) in [5, 5.41) is 3.95. The molecular formula is C28H39N5O7PS+. The van der Waals surface area contributed by atoms with Gasteiger partial charge in [0.2, 0.25) is 5.70 Å². The second-order valence-electron chi connectivity index (χ2n) is 10.7. The predicted octanol–water partition coefficient (Wildman–Crippen LogP) is 1.56. The predicted molar refractivity (Wildman–Crippen MR) is 159 cm³/mol. The fourth-order valence-electron chi connectivity index (χ4n) is 5.46. The van der Waals surface area contributed by atoms with Crippen LogP contribution in [0.4, 0.5) is 0 Å². The quantitative estimate of drug-likeness (QED) is 0.149. The Morgan fingerprint density at radius 2 is 1.98 bits per heavy atom. The van der Waals surface area contributed by atoms with E-state index in [0.29, 0.717) is 37.4 Å². The van der Waals surface area contributed by atoms with Crippen LogP contribution in [0, 0.1) is 6.92 Å². The number of likely N-dealkylation sites (N-methyl/N-ethyl adjacent to an activating group) is 2. The fraction of sp³-hybridized carbons (Fsp3) is 0.429. The van der Waals surface area contributed by atoms with Gasteiger partial charge in [0, 0.05) is 41.4 Å². The number of carbonyl (C=O) groups excluding carboxylic acids is 1. The normalized spacial score (nSPS) is 17.6. The average molecular weight is 621 g/mol. The first-order valence-corrected chi connectivity index (χ1v) is 16.9. The van der Waals surface area contributed by atoms with Gasteiger partial charge in [-0.3, -0.25) is 14.2 Å². The number of hydrogen-bond acceptors (Lipinski definition) is 7.